The Hall–Kier alpha value is -0.670. The van der Waals surface area contributed by atoms with Crippen molar-refractivity contribution in [2.45, 2.75) is 58.4 Å². The van der Waals surface area contributed by atoms with Crippen molar-refractivity contribution in [2.24, 2.45) is 4.99 Å². The third kappa shape index (κ3) is 8.48. The maximum Gasteiger partial charge on any atom is 0.191 e. The molecular weight excluding hydrogens is 469 g/mol. The van der Waals surface area contributed by atoms with Gasteiger partial charge in [0.15, 0.2) is 5.96 Å². The van der Waals surface area contributed by atoms with Crippen LogP contribution in [-0.2, 0) is 11.8 Å². The Morgan fingerprint density at radius 1 is 1.37 bits per heavy atom. The Kier molecular flexibility index (Phi) is 10.3. The molecule has 0 amide bonds. The van der Waals surface area contributed by atoms with Crippen molar-refractivity contribution in [2.75, 3.05) is 33.2 Å². The molecule has 1 fully saturated rings. The van der Waals surface area contributed by atoms with E-state index in [9.17, 15) is 0 Å². The third-order valence-corrected chi connectivity index (χ3v) is 5.51. The minimum absolute atomic E-state index is 0. The van der Waals surface area contributed by atoms with Gasteiger partial charge in [-0.05, 0) is 19.8 Å². The number of guanidine groups is 1. The molecule has 0 radical (unpaired) electrons. The van der Waals surface area contributed by atoms with Crippen LogP contribution in [-0.4, -0.2) is 55.1 Å². The molecule has 7 heteroatoms. The average molecular weight is 506 g/mol. The van der Waals surface area contributed by atoms with Crippen molar-refractivity contribution >= 4 is 41.3 Å². The zero-order valence-corrected chi connectivity index (χ0v) is 20.6. The summed E-state index contributed by atoms with van der Waals surface area (Å²) in [6, 6.07) is 0.495. The van der Waals surface area contributed by atoms with Gasteiger partial charge in [0.2, 0.25) is 0 Å². The Bertz CT molecular complexity index is 612. The summed E-state index contributed by atoms with van der Waals surface area (Å²) in [4.78, 5) is 11.6. The topological polar surface area (TPSA) is 52.5 Å². The molecule has 0 aromatic carbocycles. The van der Waals surface area contributed by atoms with Gasteiger partial charge in [0.05, 0.1) is 10.7 Å². The fourth-order valence-corrected chi connectivity index (χ4v) is 4.09. The van der Waals surface area contributed by atoms with Gasteiger partial charge in [-0.25, -0.2) is 4.98 Å². The summed E-state index contributed by atoms with van der Waals surface area (Å²) in [5, 5.41) is 10.4. The van der Waals surface area contributed by atoms with E-state index in [2.05, 4.69) is 60.2 Å². The number of aliphatic imine (C=N–C) groups is 1. The van der Waals surface area contributed by atoms with Crippen LogP contribution in [0.25, 0.3) is 0 Å². The minimum atomic E-state index is 0. The van der Waals surface area contributed by atoms with Crippen molar-refractivity contribution < 1.29 is 0 Å². The van der Waals surface area contributed by atoms with E-state index in [0.717, 1.165) is 51.4 Å². The van der Waals surface area contributed by atoms with Gasteiger partial charge in [-0.2, -0.15) is 0 Å². The number of hydrogen-bond donors (Lipinski definition) is 2. The summed E-state index contributed by atoms with van der Waals surface area (Å²) < 4.78 is 0. The molecule has 5 nitrogen and oxygen atoms in total. The normalized spacial score (nSPS) is 16.7. The highest BCUT2D eigenvalue weighted by Crippen LogP contribution is 2.23. The predicted molar refractivity (Wildman–Crippen MR) is 129 cm³/mol. The summed E-state index contributed by atoms with van der Waals surface area (Å²) in [5.41, 5.74) is 2.55. The number of nitrogens with zero attached hydrogens (tertiary/aromatic N) is 3. The third-order valence-electron chi connectivity index (χ3n) is 4.60. The number of aromatic nitrogens is 1. The van der Waals surface area contributed by atoms with Crippen molar-refractivity contribution in [3.8, 4) is 0 Å². The lowest BCUT2D eigenvalue weighted by Crippen LogP contribution is -2.49. The first kappa shape index (κ1) is 24.4. The standard InChI is InChI=1S/C20H35N5S.HI/c1-15(2)13-25-11-8-16(9-12-25)23-19(21-6)22-10-7-18-24-17(14-26-18)20(3,4)5;/h14,16H,1,7-13H2,2-6H3,(H2,21,22,23);1H. The van der Waals surface area contributed by atoms with Gasteiger partial charge in [0.1, 0.15) is 0 Å². The van der Waals surface area contributed by atoms with Crippen molar-refractivity contribution in [3.05, 3.63) is 28.2 Å². The van der Waals surface area contributed by atoms with Gasteiger partial charge in [-0.3, -0.25) is 9.89 Å². The minimum Gasteiger partial charge on any atom is -0.356 e. The molecule has 1 aromatic heterocycles. The first-order chi connectivity index (χ1) is 12.3. The van der Waals surface area contributed by atoms with Crippen LogP contribution in [0.1, 0.15) is 51.2 Å². The molecule has 1 saturated heterocycles. The van der Waals surface area contributed by atoms with Crippen LogP contribution in [0.2, 0.25) is 0 Å². The lowest BCUT2D eigenvalue weighted by molar-refractivity contribution is 0.221. The van der Waals surface area contributed by atoms with Gasteiger partial charge in [-0.1, -0.05) is 32.9 Å². The molecule has 0 saturated carbocycles. The fourth-order valence-electron chi connectivity index (χ4n) is 3.06. The summed E-state index contributed by atoms with van der Waals surface area (Å²) >= 11 is 1.75. The molecule has 0 bridgehead atoms. The highest BCUT2D eigenvalue weighted by atomic mass is 127. The average Bonchev–Trinajstić information content (AvgIpc) is 3.04. The Morgan fingerprint density at radius 2 is 2.04 bits per heavy atom. The fraction of sp³-hybridized carbons (Fsp3) is 0.700. The molecule has 0 unspecified atom stereocenters. The largest absolute Gasteiger partial charge is 0.356 e. The van der Waals surface area contributed by atoms with E-state index < -0.39 is 0 Å². The van der Waals surface area contributed by atoms with E-state index in [4.69, 9.17) is 4.98 Å². The van der Waals surface area contributed by atoms with E-state index in [1.807, 2.05) is 7.05 Å². The summed E-state index contributed by atoms with van der Waals surface area (Å²) in [5.74, 6) is 0.899. The van der Waals surface area contributed by atoms with Gasteiger partial charge in [0, 0.05) is 56.5 Å². The van der Waals surface area contributed by atoms with Crippen molar-refractivity contribution in [3.63, 3.8) is 0 Å². The first-order valence-corrected chi connectivity index (χ1v) is 10.4. The zero-order chi connectivity index (χ0) is 19.2. The highest BCUT2D eigenvalue weighted by Gasteiger charge is 2.20. The smallest absolute Gasteiger partial charge is 0.191 e. The Labute approximate surface area is 186 Å². The number of likely N-dealkylation sites (tertiary alicyclic amines) is 1. The summed E-state index contributed by atoms with van der Waals surface area (Å²) in [6.07, 6.45) is 3.23. The first-order valence-electron chi connectivity index (χ1n) is 9.56. The molecule has 0 atom stereocenters. The zero-order valence-electron chi connectivity index (χ0n) is 17.5. The molecule has 2 rings (SSSR count). The lowest BCUT2D eigenvalue weighted by Gasteiger charge is -2.33. The maximum atomic E-state index is 4.76. The molecule has 2 N–H and O–H groups in total. The summed E-state index contributed by atoms with van der Waals surface area (Å²) in [7, 11) is 1.84. The van der Waals surface area contributed by atoms with Gasteiger partial charge in [-0.15, -0.1) is 35.3 Å². The quantitative estimate of drug-likeness (QED) is 0.267. The molecule has 154 valence electrons. The predicted octanol–water partition coefficient (Wildman–Crippen LogP) is 3.81. The van der Waals surface area contributed by atoms with Gasteiger partial charge in [0.25, 0.3) is 0 Å². The molecule has 27 heavy (non-hydrogen) atoms. The van der Waals surface area contributed by atoms with Crippen LogP contribution in [0.15, 0.2) is 22.5 Å². The van der Waals surface area contributed by atoms with Gasteiger partial charge < -0.3 is 10.6 Å². The molecular formula is C20H36IN5S. The monoisotopic (exact) mass is 505 g/mol. The van der Waals surface area contributed by atoms with Crippen LogP contribution >= 0.6 is 35.3 Å². The van der Waals surface area contributed by atoms with Crippen LogP contribution in [0.3, 0.4) is 0 Å². The molecule has 1 aliphatic rings. The number of rotatable bonds is 6. The van der Waals surface area contributed by atoms with E-state index in [1.54, 1.807) is 11.3 Å². The molecule has 0 aliphatic carbocycles. The molecule has 1 aromatic rings. The van der Waals surface area contributed by atoms with Crippen LogP contribution in [0, 0.1) is 0 Å². The Balaban J connectivity index is 0.00000364. The second kappa shape index (κ2) is 11.4. The Morgan fingerprint density at radius 3 is 2.56 bits per heavy atom. The maximum absolute atomic E-state index is 4.76. The number of halogens is 1. The number of hydrogen-bond acceptors (Lipinski definition) is 4. The van der Waals surface area contributed by atoms with E-state index >= 15 is 0 Å². The second-order valence-corrected chi connectivity index (χ2v) is 9.22. The van der Waals surface area contributed by atoms with Crippen LogP contribution in [0.5, 0.6) is 0 Å². The van der Waals surface area contributed by atoms with Gasteiger partial charge >= 0.3 is 0 Å². The van der Waals surface area contributed by atoms with E-state index in [0.29, 0.717) is 6.04 Å². The summed E-state index contributed by atoms with van der Waals surface area (Å²) in [6.45, 7) is 16.8. The van der Waals surface area contributed by atoms with Crippen molar-refractivity contribution in [1.29, 1.82) is 0 Å². The SMILES string of the molecule is C=C(C)CN1CCC(NC(=NC)NCCc2nc(C(C)(C)C)cs2)CC1.I. The van der Waals surface area contributed by atoms with E-state index in [1.165, 1.54) is 16.3 Å². The number of piperidine rings is 1. The molecule has 1 aliphatic heterocycles. The van der Waals surface area contributed by atoms with Crippen LogP contribution in [0.4, 0.5) is 0 Å². The second-order valence-electron chi connectivity index (χ2n) is 8.28. The lowest BCUT2D eigenvalue weighted by atomic mass is 9.93. The molecule has 0 spiro atoms. The highest BCUT2D eigenvalue weighted by molar-refractivity contribution is 14.0. The number of thiazole rings is 1. The number of nitrogens with one attached hydrogen (secondary N) is 2. The molecule has 2 heterocycles. The van der Waals surface area contributed by atoms with Crippen molar-refractivity contribution in [1.82, 2.24) is 20.5 Å². The van der Waals surface area contributed by atoms with Crippen LogP contribution < -0.4 is 10.6 Å². The van der Waals surface area contributed by atoms with E-state index in [-0.39, 0.29) is 29.4 Å².